The maximum absolute atomic E-state index is 11.9. The average Bonchev–Trinajstić information content (AvgIpc) is 2.85. The van der Waals surface area contributed by atoms with Crippen molar-refractivity contribution in [2.75, 3.05) is 6.54 Å². The minimum atomic E-state index is 0.0219. The van der Waals surface area contributed by atoms with Gasteiger partial charge in [-0.25, -0.2) is 0 Å². The van der Waals surface area contributed by atoms with Crippen molar-refractivity contribution in [1.29, 1.82) is 0 Å². The van der Waals surface area contributed by atoms with Gasteiger partial charge in [0.05, 0.1) is 10.2 Å². The lowest BCUT2D eigenvalue weighted by Gasteiger charge is -2.05. The number of thiocarbonyl (C=S) groups is 1. The molecule has 0 bridgehead atoms. The molecule has 6 heteroatoms. The van der Waals surface area contributed by atoms with Crippen LogP contribution in [0.3, 0.4) is 0 Å². The first-order valence-corrected chi connectivity index (χ1v) is 8.46. The lowest BCUT2D eigenvalue weighted by Crippen LogP contribution is -2.27. The normalized spacial score (nSPS) is 10.3. The summed E-state index contributed by atoms with van der Waals surface area (Å²) in [4.78, 5) is 13.5. The highest BCUT2D eigenvalue weighted by molar-refractivity contribution is 9.11. The second kappa shape index (κ2) is 7.68. The summed E-state index contributed by atoms with van der Waals surface area (Å²) in [7, 11) is 0. The molecule has 0 aliphatic rings. The predicted octanol–water partition coefficient (Wildman–Crippen LogP) is 3.05. The third-order valence-corrected chi connectivity index (χ3v) is 4.84. The predicted molar refractivity (Wildman–Crippen MR) is 94.8 cm³/mol. The maximum atomic E-state index is 11.9. The molecular weight excluding hydrogens is 368 g/mol. The summed E-state index contributed by atoms with van der Waals surface area (Å²) in [6.45, 7) is 0.650. The molecule has 0 aliphatic heterocycles. The van der Waals surface area contributed by atoms with E-state index in [4.69, 9.17) is 18.0 Å². The topological polar surface area (TPSA) is 55.1 Å². The van der Waals surface area contributed by atoms with Gasteiger partial charge in [-0.05, 0) is 40.0 Å². The molecule has 0 radical (unpaired) electrons. The monoisotopic (exact) mass is 382 g/mol. The molecule has 2 aromatic rings. The van der Waals surface area contributed by atoms with Gasteiger partial charge in [-0.2, -0.15) is 0 Å². The molecule has 0 saturated heterocycles. The zero-order valence-corrected chi connectivity index (χ0v) is 14.5. The van der Waals surface area contributed by atoms with Crippen LogP contribution in [0, 0.1) is 0 Å². The van der Waals surface area contributed by atoms with Gasteiger partial charge in [0.25, 0.3) is 0 Å². The molecule has 2 rings (SSSR count). The van der Waals surface area contributed by atoms with Gasteiger partial charge in [-0.15, -0.1) is 11.3 Å². The Morgan fingerprint density at radius 2 is 1.95 bits per heavy atom. The van der Waals surface area contributed by atoms with E-state index in [1.807, 2.05) is 30.3 Å². The van der Waals surface area contributed by atoms with E-state index in [9.17, 15) is 4.79 Å². The molecule has 1 heterocycles. The van der Waals surface area contributed by atoms with E-state index >= 15 is 0 Å². The maximum Gasteiger partial charge on any atom is 0.224 e. The molecule has 0 fully saturated rings. The molecule has 0 aliphatic carbocycles. The fourth-order valence-corrected chi connectivity index (χ4v) is 3.46. The lowest BCUT2D eigenvalue weighted by molar-refractivity contribution is -0.120. The highest BCUT2D eigenvalue weighted by Gasteiger charge is 2.04. The highest BCUT2D eigenvalue weighted by Crippen LogP contribution is 2.22. The van der Waals surface area contributed by atoms with Crippen LogP contribution in [0.1, 0.15) is 16.0 Å². The fraction of sp³-hybridized carbons (Fsp3) is 0.200. The van der Waals surface area contributed by atoms with E-state index < -0.39 is 0 Å². The summed E-state index contributed by atoms with van der Waals surface area (Å²) in [5.41, 5.74) is 7.30. The third-order valence-electron chi connectivity index (χ3n) is 2.93. The van der Waals surface area contributed by atoms with Crippen molar-refractivity contribution in [3.63, 3.8) is 0 Å². The number of nitrogens with one attached hydrogen (secondary N) is 1. The number of nitrogens with two attached hydrogens (primary N) is 1. The highest BCUT2D eigenvalue weighted by atomic mass is 79.9. The van der Waals surface area contributed by atoms with Gasteiger partial charge >= 0.3 is 0 Å². The Balaban J connectivity index is 1.77. The first kappa shape index (κ1) is 16.1. The summed E-state index contributed by atoms with van der Waals surface area (Å²) in [6.07, 6.45) is 1.22. The van der Waals surface area contributed by atoms with Gasteiger partial charge in [0, 0.05) is 17.0 Å². The SMILES string of the molecule is NC(=S)c1ccc(CC(=O)NCCc2ccc(Br)s2)cc1. The lowest BCUT2D eigenvalue weighted by atomic mass is 10.1. The summed E-state index contributed by atoms with van der Waals surface area (Å²) in [6, 6.07) is 11.5. The molecule has 0 saturated carbocycles. The van der Waals surface area contributed by atoms with Crippen LogP contribution in [0.2, 0.25) is 0 Å². The van der Waals surface area contributed by atoms with E-state index in [0.717, 1.165) is 21.3 Å². The van der Waals surface area contributed by atoms with Gasteiger partial charge < -0.3 is 11.1 Å². The molecular formula is C15H15BrN2OS2. The van der Waals surface area contributed by atoms with E-state index in [2.05, 4.69) is 27.3 Å². The smallest absolute Gasteiger partial charge is 0.224 e. The zero-order chi connectivity index (χ0) is 15.2. The minimum absolute atomic E-state index is 0.0219. The van der Waals surface area contributed by atoms with E-state index in [1.165, 1.54) is 4.88 Å². The molecule has 3 N–H and O–H groups in total. The third kappa shape index (κ3) is 5.22. The van der Waals surface area contributed by atoms with Gasteiger partial charge in [0.15, 0.2) is 0 Å². The Bertz CT molecular complexity index is 637. The Labute approximate surface area is 141 Å². The fourth-order valence-electron chi connectivity index (χ4n) is 1.85. The van der Waals surface area contributed by atoms with Crippen molar-refractivity contribution in [2.24, 2.45) is 5.73 Å². The number of halogens is 1. The number of benzene rings is 1. The Hall–Kier alpha value is -1.24. The molecule has 110 valence electrons. The van der Waals surface area contributed by atoms with Crippen molar-refractivity contribution in [3.05, 3.63) is 56.2 Å². The van der Waals surface area contributed by atoms with Crippen LogP contribution in [-0.4, -0.2) is 17.4 Å². The Morgan fingerprint density at radius 1 is 1.24 bits per heavy atom. The summed E-state index contributed by atoms with van der Waals surface area (Å²) < 4.78 is 1.11. The summed E-state index contributed by atoms with van der Waals surface area (Å²) >= 11 is 10.0. The van der Waals surface area contributed by atoms with E-state index in [0.29, 0.717) is 18.0 Å². The number of hydrogen-bond donors (Lipinski definition) is 2. The van der Waals surface area contributed by atoms with Crippen LogP contribution in [0.25, 0.3) is 0 Å². The van der Waals surface area contributed by atoms with E-state index in [1.54, 1.807) is 11.3 Å². The summed E-state index contributed by atoms with van der Waals surface area (Å²) in [5.74, 6) is 0.0219. The first-order valence-electron chi connectivity index (χ1n) is 6.44. The van der Waals surface area contributed by atoms with Crippen LogP contribution >= 0.6 is 39.5 Å². The van der Waals surface area contributed by atoms with E-state index in [-0.39, 0.29) is 5.91 Å². The number of thiophene rings is 1. The number of amides is 1. The van der Waals surface area contributed by atoms with Crippen LogP contribution in [0.4, 0.5) is 0 Å². The number of carbonyl (C=O) groups is 1. The standard InChI is InChI=1S/C15H15BrN2OS2/c16-13-6-5-12(21-13)7-8-18-14(19)9-10-1-3-11(4-2-10)15(17)20/h1-6H,7-9H2,(H2,17,20)(H,18,19). The molecule has 21 heavy (non-hydrogen) atoms. The quantitative estimate of drug-likeness (QED) is 0.754. The van der Waals surface area contributed by atoms with Crippen LogP contribution in [-0.2, 0) is 17.6 Å². The van der Waals surface area contributed by atoms with Gasteiger partial charge in [0.2, 0.25) is 5.91 Å². The van der Waals surface area contributed by atoms with Crippen molar-refractivity contribution < 1.29 is 4.79 Å². The second-order valence-corrected chi connectivity index (χ2v) is 7.53. The van der Waals surface area contributed by atoms with Crippen LogP contribution in [0.15, 0.2) is 40.2 Å². The summed E-state index contributed by atoms with van der Waals surface area (Å²) in [5, 5.41) is 2.93. The van der Waals surface area contributed by atoms with Gasteiger partial charge in [0.1, 0.15) is 4.99 Å². The Morgan fingerprint density at radius 3 is 2.52 bits per heavy atom. The van der Waals surface area contributed by atoms with Gasteiger partial charge in [-0.3, -0.25) is 4.79 Å². The van der Waals surface area contributed by atoms with Crippen LogP contribution < -0.4 is 11.1 Å². The second-order valence-electron chi connectivity index (χ2n) is 4.54. The molecule has 1 aromatic carbocycles. The van der Waals surface area contributed by atoms with Gasteiger partial charge in [-0.1, -0.05) is 36.5 Å². The molecule has 0 spiro atoms. The molecule has 0 atom stereocenters. The zero-order valence-electron chi connectivity index (χ0n) is 11.3. The molecule has 3 nitrogen and oxygen atoms in total. The molecule has 1 amide bonds. The molecule has 1 aromatic heterocycles. The van der Waals surface area contributed by atoms with Crippen molar-refractivity contribution >= 4 is 50.4 Å². The number of carbonyl (C=O) groups excluding carboxylic acids is 1. The van der Waals surface area contributed by atoms with Crippen LogP contribution in [0.5, 0.6) is 0 Å². The first-order chi connectivity index (χ1) is 10.0. The largest absolute Gasteiger partial charge is 0.389 e. The van der Waals surface area contributed by atoms with Crippen molar-refractivity contribution in [2.45, 2.75) is 12.8 Å². The Kier molecular flexibility index (Phi) is 5.90. The van der Waals surface area contributed by atoms with Crippen molar-refractivity contribution in [3.8, 4) is 0 Å². The minimum Gasteiger partial charge on any atom is -0.389 e. The average molecular weight is 383 g/mol. The molecule has 0 unspecified atom stereocenters. The van der Waals surface area contributed by atoms with Crippen molar-refractivity contribution in [1.82, 2.24) is 5.32 Å². The number of rotatable bonds is 6. The number of hydrogen-bond acceptors (Lipinski definition) is 3.